The van der Waals surface area contributed by atoms with E-state index in [4.69, 9.17) is 4.74 Å². The predicted octanol–water partition coefficient (Wildman–Crippen LogP) is 4.27. The Kier molecular flexibility index (Phi) is 7.47. The van der Waals surface area contributed by atoms with Crippen LogP contribution < -0.4 is 19.8 Å². The van der Waals surface area contributed by atoms with Crippen LogP contribution in [-0.4, -0.2) is 36.2 Å². The van der Waals surface area contributed by atoms with Crippen molar-refractivity contribution < 1.29 is 24.2 Å². The fraction of sp³-hybridized carbons (Fsp3) is 0.286. The number of nitrogens with zero attached hydrogens (tertiary/aromatic N) is 1. The van der Waals surface area contributed by atoms with Gasteiger partial charge in [0.25, 0.3) is 0 Å². The van der Waals surface area contributed by atoms with Gasteiger partial charge in [-0.1, -0.05) is 30.7 Å². The van der Waals surface area contributed by atoms with Gasteiger partial charge >= 0.3 is 0 Å². The first-order chi connectivity index (χ1) is 17.4. The topological polar surface area (TPSA) is 95.9 Å². The van der Waals surface area contributed by atoms with Crippen molar-refractivity contribution in [2.75, 3.05) is 26.2 Å². The first-order valence-electron chi connectivity index (χ1n) is 12.2. The van der Waals surface area contributed by atoms with Crippen molar-refractivity contribution in [3.63, 3.8) is 0 Å². The standard InChI is InChI=1S/C28H30NO5PS/c30-22-8-6-21(7-9-22)28-26(25-13-12-24(35(31,32)33)19-27(25)36-28)18-20-4-10-23(11-5-20)34-17-16-29-14-2-1-3-15-29/h4-13,19,30H,1-3,14-18H2,(H2,31,32,33)/p-2. The third-order valence-corrected chi connectivity index (χ3v) is 8.81. The number of benzene rings is 3. The normalized spacial score (nSPS) is 14.8. The monoisotopic (exact) mass is 521 g/mol. The van der Waals surface area contributed by atoms with Crippen molar-refractivity contribution >= 4 is 34.3 Å². The minimum atomic E-state index is -4.84. The fourth-order valence-electron chi connectivity index (χ4n) is 4.71. The fourth-order valence-corrected chi connectivity index (χ4v) is 6.61. The number of aromatic hydroxyl groups is 1. The molecular formula is C28H28NO5PS-2. The van der Waals surface area contributed by atoms with Crippen LogP contribution in [0.2, 0.25) is 0 Å². The molecule has 0 saturated carbocycles. The van der Waals surface area contributed by atoms with E-state index >= 15 is 0 Å². The molecule has 1 N–H and O–H groups in total. The van der Waals surface area contributed by atoms with Crippen LogP contribution in [0.3, 0.4) is 0 Å². The number of phenols is 1. The van der Waals surface area contributed by atoms with Gasteiger partial charge in [-0.25, -0.2) is 0 Å². The first-order valence-corrected chi connectivity index (χ1v) is 14.5. The van der Waals surface area contributed by atoms with E-state index in [1.54, 1.807) is 18.2 Å². The minimum Gasteiger partial charge on any atom is -0.807 e. The van der Waals surface area contributed by atoms with Gasteiger partial charge in [-0.3, -0.25) is 4.90 Å². The lowest BCUT2D eigenvalue weighted by Crippen LogP contribution is -2.33. The molecule has 0 aliphatic carbocycles. The molecule has 1 saturated heterocycles. The molecule has 0 bridgehead atoms. The van der Waals surface area contributed by atoms with Crippen molar-refractivity contribution in [1.82, 2.24) is 4.90 Å². The molecule has 0 unspecified atom stereocenters. The average molecular weight is 522 g/mol. The molecule has 4 aromatic rings. The maximum absolute atomic E-state index is 11.6. The third-order valence-electron chi connectivity index (χ3n) is 6.65. The Labute approximate surface area is 215 Å². The van der Waals surface area contributed by atoms with E-state index in [1.165, 1.54) is 42.7 Å². The van der Waals surface area contributed by atoms with E-state index < -0.39 is 7.60 Å². The molecule has 1 aliphatic rings. The number of ether oxygens (including phenoxy) is 1. The number of likely N-dealkylation sites (tertiary alicyclic amines) is 1. The van der Waals surface area contributed by atoms with Gasteiger partial charge in [0.1, 0.15) is 18.1 Å². The zero-order valence-corrected chi connectivity index (χ0v) is 21.6. The quantitative estimate of drug-likeness (QED) is 0.348. The van der Waals surface area contributed by atoms with Crippen molar-refractivity contribution in [2.45, 2.75) is 25.7 Å². The van der Waals surface area contributed by atoms with Gasteiger partial charge in [-0.15, -0.1) is 11.3 Å². The van der Waals surface area contributed by atoms with Crippen LogP contribution in [0, 0.1) is 0 Å². The summed E-state index contributed by atoms with van der Waals surface area (Å²) >= 11 is 1.45. The summed E-state index contributed by atoms with van der Waals surface area (Å²) in [5.41, 5.74) is 3.08. The van der Waals surface area contributed by atoms with Crippen LogP contribution >= 0.6 is 18.9 Å². The SMILES string of the molecule is O=P([O-])([O-])c1ccc2c(Cc3ccc(OCCN4CCCCC4)cc3)c(-c3ccc(O)cc3)sc2c1. The Hall–Kier alpha value is -2.67. The molecule has 36 heavy (non-hydrogen) atoms. The highest BCUT2D eigenvalue weighted by Gasteiger charge is 2.16. The van der Waals surface area contributed by atoms with E-state index in [0.717, 1.165) is 57.0 Å². The number of piperidine rings is 1. The molecule has 188 valence electrons. The average Bonchev–Trinajstić information content (AvgIpc) is 3.23. The van der Waals surface area contributed by atoms with Crippen LogP contribution in [0.25, 0.3) is 20.5 Å². The molecule has 0 radical (unpaired) electrons. The summed E-state index contributed by atoms with van der Waals surface area (Å²) in [4.78, 5) is 26.6. The number of fused-ring (bicyclic) bond motifs is 1. The van der Waals surface area contributed by atoms with Gasteiger partial charge in [-0.2, -0.15) is 0 Å². The van der Waals surface area contributed by atoms with Crippen molar-refractivity contribution in [3.05, 3.63) is 77.9 Å². The van der Waals surface area contributed by atoms with Gasteiger partial charge < -0.3 is 24.2 Å². The van der Waals surface area contributed by atoms with Gasteiger partial charge in [0.15, 0.2) is 0 Å². The van der Waals surface area contributed by atoms with E-state index in [0.29, 0.717) is 13.0 Å². The molecule has 3 aromatic carbocycles. The van der Waals surface area contributed by atoms with Crippen LogP contribution in [0.4, 0.5) is 0 Å². The molecule has 5 rings (SSSR count). The lowest BCUT2D eigenvalue weighted by atomic mass is 9.99. The van der Waals surface area contributed by atoms with Crippen LogP contribution in [0.5, 0.6) is 11.5 Å². The molecule has 0 amide bonds. The summed E-state index contributed by atoms with van der Waals surface area (Å²) in [6.07, 6.45) is 4.50. The molecule has 0 atom stereocenters. The van der Waals surface area contributed by atoms with E-state index in [2.05, 4.69) is 17.0 Å². The third kappa shape index (κ3) is 5.83. The predicted molar refractivity (Wildman–Crippen MR) is 141 cm³/mol. The smallest absolute Gasteiger partial charge is 0.119 e. The van der Waals surface area contributed by atoms with Gasteiger partial charge in [0, 0.05) is 16.1 Å². The second-order valence-electron chi connectivity index (χ2n) is 9.21. The summed E-state index contributed by atoms with van der Waals surface area (Å²) in [5, 5.41) is 10.4. The number of hydrogen-bond acceptors (Lipinski definition) is 7. The van der Waals surface area contributed by atoms with Crippen molar-refractivity contribution in [2.24, 2.45) is 0 Å². The van der Waals surface area contributed by atoms with E-state index in [1.807, 2.05) is 24.3 Å². The van der Waals surface area contributed by atoms with Crippen LogP contribution in [0.1, 0.15) is 30.4 Å². The Morgan fingerprint density at radius 1 is 0.944 bits per heavy atom. The summed E-state index contributed by atoms with van der Waals surface area (Å²) in [5.74, 6) is 1.02. The van der Waals surface area contributed by atoms with Gasteiger partial charge in [0.2, 0.25) is 0 Å². The molecule has 2 heterocycles. The molecule has 6 nitrogen and oxygen atoms in total. The molecule has 0 spiro atoms. The summed E-state index contributed by atoms with van der Waals surface area (Å²) in [6, 6.07) is 19.6. The van der Waals surface area contributed by atoms with Crippen LogP contribution in [0.15, 0.2) is 66.7 Å². The molecule has 1 fully saturated rings. The molecule has 1 aromatic heterocycles. The number of rotatable bonds is 8. The minimum absolute atomic E-state index is 0.179. The number of phenolic OH excluding ortho intramolecular Hbond substituents is 1. The Morgan fingerprint density at radius 3 is 2.36 bits per heavy atom. The highest BCUT2D eigenvalue weighted by Crippen LogP contribution is 2.41. The maximum Gasteiger partial charge on any atom is 0.119 e. The summed E-state index contributed by atoms with van der Waals surface area (Å²) in [7, 11) is -4.84. The maximum atomic E-state index is 11.6. The second kappa shape index (κ2) is 10.8. The second-order valence-corrected chi connectivity index (χ2v) is 11.8. The summed E-state index contributed by atoms with van der Waals surface area (Å²) in [6.45, 7) is 3.93. The Bertz CT molecular complexity index is 1370. The highest BCUT2D eigenvalue weighted by atomic mass is 32.1. The van der Waals surface area contributed by atoms with E-state index in [9.17, 15) is 19.5 Å². The zero-order valence-electron chi connectivity index (χ0n) is 19.9. The van der Waals surface area contributed by atoms with Crippen LogP contribution in [-0.2, 0) is 11.0 Å². The number of hydrogen-bond donors (Lipinski definition) is 1. The molecule has 8 heteroatoms. The zero-order chi connectivity index (χ0) is 25.1. The Balaban J connectivity index is 1.38. The Morgan fingerprint density at radius 2 is 1.67 bits per heavy atom. The molecular weight excluding hydrogens is 493 g/mol. The van der Waals surface area contributed by atoms with Gasteiger partial charge in [-0.05, 0) is 110 Å². The van der Waals surface area contributed by atoms with Crippen molar-refractivity contribution in [3.8, 4) is 21.9 Å². The first kappa shape index (κ1) is 25.0. The van der Waals surface area contributed by atoms with Gasteiger partial charge in [0.05, 0.1) is 0 Å². The van der Waals surface area contributed by atoms with Crippen molar-refractivity contribution in [1.29, 1.82) is 0 Å². The largest absolute Gasteiger partial charge is 0.807 e. The lowest BCUT2D eigenvalue weighted by molar-refractivity contribution is -0.307. The highest BCUT2D eigenvalue weighted by molar-refractivity contribution is 7.57. The van der Waals surface area contributed by atoms with E-state index in [-0.39, 0.29) is 11.1 Å². The number of thiophene rings is 1. The lowest BCUT2D eigenvalue weighted by Gasteiger charge is -2.29. The summed E-state index contributed by atoms with van der Waals surface area (Å²) < 4.78 is 18.3. The molecule has 1 aliphatic heterocycles.